The summed E-state index contributed by atoms with van der Waals surface area (Å²) in [4.78, 5) is 21.4. The van der Waals surface area contributed by atoms with E-state index in [4.69, 9.17) is 22.3 Å². The molecule has 3 N–H and O–H groups in total. The second-order valence-electron chi connectivity index (χ2n) is 7.13. The number of anilines is 2. The number of carbonyl (C=O) groups is 1. The van der Waals surface area contributed by atoms with E-state index in [9.17, 15) is 4.79 Å². The van der Waals surface area contributed by atoms with Crippen LogP contribution in [0, 0.1) is 0 Å². The number of nitrogens with zero attached hydrogens (tertiary/aromatic N) is 2. The number of rotatable bonds is 3. The fourth-order valence-electron chi connectivity index (χ4n) is 4.06. The van der Waals surface area contributed by atoms with Gasteiger partial charge in [0.15, 0.2) is 0 Å². The second kappa shape index (κ2) is 6.39. The van der Waals surface area contributed by atoms with Gasteiger partial charge in [0.2, 0.25) is 0 Å². The van der Waals surface area contributed by atoms with Crippen molar-refractivity contribution in [2.75, 3.05) is 23.7 Å². The molecule has 3 aromatic rings. The highest BCUT2D eigenvalue weighted by molar-refractivity contribution is 7.21. The summed E-state index contributed by atoms with van der Waals surface area (Å²) in [5.41, 5.74) is 10.1. The van der Waals surface area contributed by atoms with Crippen LogP contribution in [0.3, 0.4) is 0 Å². The van der Waals surface area contributed by atoms with Gasteiger partial charge in [0, 0.05) is 36.0 Å². The van der Waals surface area contributed by atoms with Crippen molar-refractivity contribution in [3.05, 3.63) is 51.5 Å². The first-order valence-corrected chi connectivity index (χ1v) is 10.3. The summed E-state index contributed by atoms with van der Waals surface area (Å²) < 4.78 is 0. The number of nitrogens with two attached hydrogens (primary N) is 1. The third kappa shape index (κ3) is 2.75. The van der Waals surface area contributed by atoms with Crippen molar-refractivity contribution in [1.82, 2.24) is 10.3 Å². The van der Waals surface area contributed by atoms with E-state index in [1.165, 1.54) is 22.7 Å². The Labute approximate surface area is 166 Å². The van der Waals surface area contributed by atoms with E-state index in [0.717, 1.165) is 41.7 Å². The molecular formula is C20H19ClN4OS. The molecule has 138 valence electrons. The Morgan fingerprint density at radius 2 is 2.11 bits per heavy atom. The minimum absolute atomic E-state index is 0.184. The highest BCUT2D eigenvalue weighted by Crippen LogP contribution is 2.45. The number of hydrogen-bond donors (Lipinski definition) is 2. The van der Waals surface area contributed by atoms with Crippen molar-refractivity contribution in [1.29, 1.82) is 0 Å². The summed E-state index contributed by atoms with van der Waals surface area (Å²) in [5.74, 6) is 0.354. The summed E-state index contributed by atoms with van der Waals surface area (Å²) in [6.45, 7) is 2.53. The van der Waals surface area contributed by atoms with Crippen LogP contribution in [0.15, 0.2) is 30.3 Å². The predicted molar refractivity (Wildman–Crippen MR) is 111 cm³/mol. The minimum Gasteiger partial charge on any atom is -0.397 e. The van der Waals surface area contributed by atoms with E-state index in [2.05, 4.69) is 16.3 Å². The molecule has 0 aliphatic carbocycles. The van der Waals surface area contributed by atoms with Crippen molar-refractivity contribution in [2.24, 2.45) is 0 Å². The number of nitrogens with one attached hydrogen (secondary N) is 1. The van der Waals surface area contributed by atoms with Crippen molar-refractivity contribution in [3.8, 4) is 0 Å². The number of fused-ring (bicyclic) bond motifs is 3. The van der Waals surface area contributed by atoms with Crippen LogP contribution in [-0.4, -0.2) is 24.0 Å². The fraction of sp³-hybridized carbons (Fsp3) is 0.300. The zero-order chi connectivity index (χ0) is 18.5. The molecule has 3 aliphatic rings. The van der Waals surface area contributed by atoms with Gasteiger partial charge >= 0.3 is 0 Å². The summed E-state index contributed by atoms with van der Waals surface area (Å²) >= 11 is 7.54. The second-order valence-corrected chi connectivity index (χ2v) is 8.53. The average Bonchev–Trinajstić information content (AvgIpc) is 3.03. The molecule has 5 heterocycles. The normalized spacial score (nSPS) is 16.0. The quantitative estimate of drug-likeness (QED) is 0.694. The zero-order valence-corrected chi connectivity index (χ0v) is 16.2. The molecule has 0 unspecified atom stereocenters. The summed E-state index contributed by atoms with van der Waals surface area (Å²) in [6, 6.07) is 9.61. The number of amides is 1. The largest absolute Gasteiger partial charge is 0.397 e. The molecule has 1 fully saturated rings. The zero-order valence-electron chi connectivity index (χ0n) is 14.7. The summed E-state index contributed by atoms with van der Waals surface area (Å²) in [5, 5.41) is 4.45. The standard InChI is InChI=1S/C20H19ClN4OS/c21-14-4-2-1-3-12(14)10-23-19(26)18-16(22)13-9-15-17(24-20(13)27-18)11-5-7-25(15)8-6-11/h1-4,9,11H,5-8,10,22H2,(H,23,26). The van der Waals surface area contributed by atoms with Crippen molar-refractivity contribution < 1.29 is 4.79 Å². The Hall–Kier alpha value is -2.31. The van der Waals surface area contributed by atoms with Crippen molar-refractivity contribution >= 4 is 50.4 Å². The number of carbonyl (C=O) groups excluding carboxylic acids is 1. The first-order chi connectivity index (χ1) is 13.1. The van der Waals surface area contributed by atoms with E-state index >= 15 is 0 Å². The van der Waals surface area contributed by atoms with Gasteiger partial charge in [-0.25, -0.2) is 4.98 Å². The number of hydrogen-bond acceptors (Lipinski definition) is 5. The lowest BCUT2D eigenvalue weighted by Gasteiger charge is -2.41. The molecule has 0 atom stereocenters. The van der Waals surface area contributed by atoms with Crippen molar-refractivity contribution in [3.63, 3.8) is 0 Å². The van der Waals surface area contributed by atoms with E-state index in [1.807, 2.05) is 24.3 Å². The lowest BCUT2D eigenvalue weighted by molar-refractivity contribution is 0.0956. The molecule has 6 rings (SSSR count). The number of benzene rings is 1. The van der Waals surface area contributed by atoms with Crippen LogP contribution >= 0.6 is 22.9 Å². The smallest absolute Gasteiger partial charge is 0.263 e. The first-order valence-electron chi connectivity index (χ1n) is 9.11. The van der Waals surface area contributed by atoms with E-state index in [1.54, 1.807) is 0 Å². The van der Waals surface area contributed by atoms with Crippen LogP contribution in [0.5, 0.6) is 0 Å². The highest BCUT2D eigenvalue weighted by atomic mass is 35.5. The number of thiophene rings is 1. The van der Waals surface area contributed by atoms with Crippen molar-refractivity contribution in [2.45, 2.75) is 25.3 Å². The van der Waals surface area contributed by atoms with Crippen LogP contribution in [0.25, 0.3) is 10.2 Å². The van der Waals surface area contributed by atoms with Crippen LogP contribution in [0.2, 0.25) is 5.02 Å². The van der Waals surface area contributed by atoms with Gasteiger partial charge in [-0.1, -0.05) is 29.8 Å². The Morgan fingerprint density at radius 1 is 1.33 bits per heavy atom. The molecule has 2 aromatic heterocycles. The van der Waals surface area contributed by atoms with Gasteiger partial charge in [0.1, 0.15) is 9.71 Å². The Bertz CT molecular complexity index is 1060. The molecule has 2 bridgehead atoms. The fourth-order valence-corrected chi connectivity index (χ4v) is 5.26. The molecule has 5 nitrogen and oxygen atoms in total. The molecule has 3 aliphatic heterocycles. The number of pyridine rings is 1. The van der Waals surface area contributed by atoms with Gasteiger partial charge in [-0.15, -0.1) is 11.3 Å². The molecule has 0 spiro atoms. The molecule has 1 amide bonds. The molecule has 7 heteroatoms. The molecular weight excluding hydrogens is 380 g/mol. The van der Waals surface area contributed by atoms with Crippen LogP contribution < -0.4 is 16.0 Å². The van der Waals surface area contributed by atoms with Gasteiger partial charge in [-0.3, -0.25) is 4.79 Å². The maximum absolute atomic E-state index is 12.7. The van der Waals surface area contributed by atoms with Crippen LogP contribution in [0.1, 0.15) is 39.7 Å². The number of nitrogen functional groups attached to an aromatic ring is 1. The Kier molecular flexibility index (Phi) is 3.98. The first kappa shape index (κ1) is 16.8. The Balaban J connectivity index is 1.46. The minimum atomic E-state index is -0.184. The SMILES string of the molecule is Nc1c(C(=O)NCc2ccccc2Cl)sc2nc3c(cc12)N1CCC3CC1. The third-order valence-corrected chi connectivity index (χ3v) is 7.04. The van der Waals surface area contributed by atoms with E-state index < -0.39 is 0 Å². The number of aromatic nitrogens is 1. The summed E-state index contributed by atoms with van der Waals surface area (Å²) in [7, 11) is 0. The molecule has 0 saturated carbocycles. The molecule has 1 aromatic carbocycles. The van der Waals surface area contributed by atoms with Gasteiger partial charge in [0.25, 0.3) is 5.91 Å². The van der Waals surface area contributed by atoms with E-state index in [0.29, 0.717) is 28.0 Å². The molecule has 1 saturated heterocycles. The van der Waals surface area contributed by atoms with Gasteiger partial charge < -0.3 is 16.0 Å². The Morgan fingerprint density at radius 3 is 2.89 bits per heavy atom. The maximum atomic E-state index is 12.7. The number of halogens is 1. The topological polar surface area (TPSA) is 71.2 Å². The van der Waals surface area contributed by atoms with Gasteiger partial charge in [-0.05, 0) is 30.5 Å². The van der Waals surface area contributed by atoms with E-state index in [-0.39, 0.29) is 5.91 Å². The van der Waals surface area contributed by atoms with Gasteiger partial charge in [-0.2, -0.15) is 0 Å². The predicted octanol–water partition coefficient (Wildman–Crippen LogP) is 4.16. The highest BCUT2D eigenvalue weighted by Gasteiger charge is 2.33. The lowest BCUT2D eigenvalue weighted by Crippen LogP contribution is -2.39. The average molecular weight is 399 g/mol. The lowest BCUT2D eigenvalue weighted by atomic mass is 9.86. The monoisotopic (exact) mass is 398 g/mol. The number of piperidine rings is 1. The summed E-state index contributed by atoms with van der Waals surface area (Å²) in [6.07, 6.45) is 2.33. The third-order valence-electron chi connectivity index (χ3n) is 5.56. The van der Waals surface area contributed by atoms with Crippen LogP contribution in [0.4, 0.5) is 11.4 Å². The van der Waals surface area contributed by atoms with Gasteiger partial charge in [0.05, 0.1) is 17.1 Å². The maximum Gasteiger partial charge on any atom is 0.263 e. The molecule has 27 heavy (non-hydrogen) atoms. The van der Waals surface area contributed by atoms with Crippen LogP contribution in [-0.2, 0) is 6.54 Å². The molecule has 0 radical (unpaired) electrons.